The number of carbonyl (C=O) groups excluding carboxylic acids is 2. The van der Waals surface area contributed by atoms with Gasteiger partial charge >= 0.3 is 0 Å². The van der Waals surface area contributed by atoms with Crippen molar-refractivity contribution in [1.82, 2.24) is 4.90 Å². The van der Waals surface area contributed by atoms with Gasteiger partial charge < -0.3 is 24.4 Å². The molecule has 1 heterocycles. The van der Waals surface area contributed by atoms with Crippen molar-refractivity contribution in [1.29, 1.82) is 0 Å². The fourth-order valence-corrected chi connectivity index (χ4v) is 3.43. The molecular formula is C22H26N2O5. The minimum atomic E-state index is -0.326. The van der Waals surface area contributed by atoms with E-state index in [9.17, 15) is 9.59 Å². The SMILES string of the molecule is COc1cc(NC(=O)c2cccc(C(=O)N3CCCCC3)c2)cc(OC)c1OC. The molecule has 2 aromatic rings. The van der Waals surface area contributed by atoms with Crippen LogP contribution in [-0.4, -0.2) is 51.1 Å². The molecule has 1 saturated heterocycles. The standard InChI is InChI=1S/C22H26N2O5/c1-27-18-13-17(14-19(28-2)20(18)29-3)23-21(25)15-8-7-9-16(12-15)22(26)24-10-5-4-6-11-24/h7-9,12-14H,4-6,10-11H2,1-3H3,(H,23,25). The highest BCUT2D eigenvalue weighted by atomic mass is 16.5. The van der Waals surface area contributed by atoms with E-state index in [0.717, 1.165) is 32.4 Å². The first-order valence-corrected chi connectivity index (χ1v) is 9.58. The van der Waals surface area contributed by atoms with Gasteiger partial charge in [-0.15, -0.1) is 0 Å². The number of nitrogens with one attached hydrogen (secondary N) is 1. The number of hydrogen-bond acceptors (Lipinski definition) is 5. The molecule has 0 unspecified atom stereocenters. The van der Waals surface area contributed by atoms with E-state index in [1.807, 2.05) is 4.90 Å². The van der Waals surface area contributed by atoms with Gasteiger partial charge in [-0.25, -0.2) is 0 Å². The zero-order valence-electron chi connectivity index (χ0n) is 17.0. The summed E-state index contributed by atoms with van der Waals surface area (Å²) in [6, 6.07) is 10.1. The highest BCUT2D eigenvalue weighted by Crippen LogP contribution is 2.40. The number of nitrogens with zero attached hydrogens (tertiary/aromatic N) is 1. The highest BCUT2D eigenvalue weighted by Gasteiger charge is 2.20. The maximum absolute atomic E-state index is 12.8. The van der Waals surface area contributed by atoms with Crippen LogP contribution < -0.4 is 19.5 Å². The normalized spacial score (nSPS) is 13.6. The Morgan fingerprint density at radius 2 is 1.48 bits per heavy atom. The van der Waals surface area contributed by atoms with Crippen molar-refractivity contribution in [3.63, 3.8) is 0 Å². The molecule has 7 nitrogen and oxygen atoms in total. The van der Waals surface area contributed by atoms with Gasteiger partial charge in [-0.2, -0.15) is 0 Å². The molecule has 1 aliphatic heterocycles. The average Bonchev–Trinajstić information content (AvgIpc) is 2.78. The molecule has 0 aliphatic carbocycles. The first kappa shape index (κ1) is 20.5. The van der Waals surface area contributed by atoms with E-state index in [-0.39, 0.29) is 11.8 Å². The molecule has 154 valence electrons. The second-order valence-electron chi connectivity index (χ2n) is 6.80. The van der Waals surface area contributed by atoms with Gasteiger partial charge in [0.05, 0.1) is 21.3 Å². The molecular weight excluding hydrogens is 372 g/mol. The van der Waals surface area contributed by atoms with Crippen molar-refractivity contribution in [3.8, 4) is 17.2 Å². The van der Waals surface area contributed by atoms with Crippen molar-refractivity contribution in [2.45, 2.75) is 19.3 Å². The lowest BCUT2D eigenvalue weighted by Crippen LogP contribution is -2.35. The minimum Gasteiger partial charge on any atom is -0.493 e. The molecule has 0 atom stereocenters. The summed E-state index contributed by atoms with van der Waals surface area (Å²) in [5.41, 5.74) is 1.42. The molecule has 1 fully saturated rings. The monoisotopic (exact) mass is 398 g/mol. The summed E-state index contributed by atoms with van der Waals surface area (Å²) in [7, 11) is 4.54. The van der Waals surface area contributed by atoms with Crippen LogP contribution in [-0.2, 0) is 0 Å². The summed E-state index contributed by atoms with van der Waals surface area (Å²) in [5.74, 6) is 0.967. The summed E-state index contributed by atoms with van der Waals surface area (Å²) in [5, 5.41) is 2.83. The second-order valence-corrected chi connectivity index (χ2v) is 6.80. The van der Waals surface area contributed by atoms with Crippen molar-refractivity contribution >= 4 is 17.5 Å². The third-order valence-electron chi connectivity index (χ3n) is 4.94. The first-order chi connectivity index (χ1) is 14.1. The molecule has 2 amide bonds. The molecule has 1 N–H and O–H groups in total. The van der Waals surface area contributed by atoms with Crippen molar-refractivity contribution < 1.29 is 23.8 Å². The molecule has 0 spiro atoms. The topological polar surface area (TPSA) is 77.1 Å². The minimum absolute atomic E-state index is 0.0351. The van der Waals surface area contributed by atoms with Crippen LogP contribution in [0.5, 0.6) is 17.2 Å². The lowest BCUT2D eigenvalue weighted by Gasteiger charge is -2.26. The van der Waals surface area contributed by atoms with Crippen LogP contribution in [0.15, 0.2) is 36.4 Å². The van der Waals surface area contributed by atoms with Gasteiger partial charge in [0, 0.05) is 42.0 Å². The van der Waals surface area contributed by atoms with Crippen LogP contribution in [0.25, 0.3) is 0 Å². The quantitative estimate of drug-likeness (QED) is 0.805. The maximum Gasteiger partial charge on any atom is 0.255 e. The fraction of sp³-hybridized carbons (Fsp3) is 0.364. The summed E-state index contributed by atoms with van der Waals surface area (Å²) < 4.78 is 15.9. The summed E-state index contributed by atoms with van der Waals surface area (Å²) in [6.07, 6.45) is 3.20. The van der Waals surface area contributed by atoms with Crippen LogP contribution in [0.2, 0.25) is 0 Å². The second kappa shape index (κ2) is 9.32. The van der Waals surface area contributed by atoms with Gasteiger partial charge in [-0.1, -0.05) is 6.07 Å². The van der Waals surface area contributed by atoms with Gasteiger partial charge in [0.25, 0.3) is 11.8 Å². The van der Waals surface area contributed by atoms with Crippen LogP contribution in [0.3, 0.4) is 0 Å². The van der Waals surface area contributed by atoms with E-state index in [2.05, 4.69) is 5.32 Å². The largest absolute Gasteiger partial charge is 0.493 e. The smallest absolute Gasteiger partial charge is 0.255 e. The van der Waals surface area contributed by atoms with Crippen molar-refractivity contribution in [3.05, 3.63) is 47.5 Å². The molecule has 0 bridgehead atoms. The zero-order chi connectivity index (χ0) is 20.8. The number of benzene rings is 2. The predicted molar refractivity (Wildman–Crippen MR) is 110 cm³/mol. The molecule has 7 heteroatoms. The number of rotatable bonds is 6. The Morgan fingerprint density at radius 3 is 2.07 bits per heavy atom. The maximum atomic E-state index is 12.8. The summed E-state index contributed by atoms with van der Waals surface area (Å²) in [6.45, 7) is 1.53. The molecule has 1 aliphatic rings. The lowest BCUT2D eigenvalue weighted by atomic mass is 10.1. The van der Waals surface area contributed by atoms with E-state index in [1.54, 1.807) is 36.4 Å². The van der Waals surface area contributed by atoms with Crippen LogP contribution in [0.1, 0.15) is 40.0 Å². The Labute approximate surface area is 170 Å². The van der Waals surface area contributed by atoms with Crippen LogP contribution in [0, 0.1) is 0 Å². The third kappa shape index (κ3) is 4.62. The van der Waals surface area contributed by atoms with Crippen molar-refractivity contribution in [2.75, 3.05) is 39.7 Å². The van der Waals surface area contributed by atoms with E-state index in [1.165, 1.54) is 21.3 Å². The van der Waals surface area contributed by atoms with E-state index in [4.69, 9.17) is 14.2 Å². The van der Waals surface area contributed by atoms with Gasteiger partial charge in [0.15, 0.2) is 11.5 Å². The average molecular weight is 398 g/mol. The number of carbonyl (C=O) groups is 2. The molecule has 0 aromatic heterocycles. The Kier molecular flexibility index (Phi) is 6.59. The first-order valence-electron chi connectivity index (χ1n) is 9.58. The van der Waals surface area contributed by atoms with Crippen LogP contribution >= 0.6 is 0 Å². The summed E-state index contributed by atoms with van der Waals surface area (Å²) >= 11 is 0. The predicted octanol–water partition coefficient (Wildman–Crippen LogP) is 3.59. The zero-order valence-corrected chi connectivity index (χ0v) is 17.0. The van der Waals surface area contributed by atoms with E-state index >= 15 is 0 Å². The third-order valence-corrected chi connectivity index (χ3v) is 4.94. The Hall–Kier alpha value is -3.22. The Bertz CT molecular complexity index is 866. The van der Waals surface area contributed by atoms with E-state index < -0.39 is 0 Å². The fourth-order valence-electron chi connectivity index (χ4n) is 3.43. The molecule has 3 rings (SSSR count). The molecule has 29 heavy (non-hydrogen) atoms. The van der Waals surface area contributed by atoms with Gasteiger partial charge in [0.2, 0.25) is 5.75 Å². The molecule has 2 aromatic carbocycles. The number of ether oxygens (including phenoxy) is 3. The number of hydrogen-bond donors (Lipinski definition) is 1. The van der Waals surface area contributed by atoms with Gasteiger partial charge in [-0.3, -0.25) is 9.59 Å². The van der Waals surface area contributed by atoms with Gasteiger partial charge in [0.1, 0.15) is 0 Å². The highest BCUT2D eigenvalue weighted by molar-refractivity contribution is 6.06. The van der Waals surface area contributed by atoms with Crippen LogP contribution in [0.4, 0.5) is 5.69 Å². The lowest BCUT2D eigenvalue weighted by molar-refractivity contribution is 0.0724. The number of anilines is 1. The summed E-state index contributed by atoms with van der Waals surface area (Å²) in [4.78, 5) is 27.3. The van der Waals surface area contributed by atoms with Crippen molar-refractivity contribution in [2.24, 2.45) is 0 Å². The molecule has 0 radical (unpaired) electrons. The number of likely N-dealkylation sites (tertiary alicyclic amines) is 1. The number of amides is 2. The number of piperidine rings is 1. The van der Waals surface area contributed by atoms with E-state index in [0.29, 0.717) is 34.1 Å². The Balaban J connectivity index is 1.80. The number of methoxy groups -OCH3 is 3. The molecule has 0 saturated carbocycles. The van der Waals surface area contributed by atoms with Gasteiger partial charge in [-0.05, 0) is 37.5 Å². The Morgan fingerprint density at radius 1 is 0.862 bits per heavy atom.